The molecule has 0 saturated carbocycles. The smallest absolute Gasteiger partial charge is 0.267 e. The summed E-state index contributed by atoms with van der Waals surface area (Å²) in [5.41, 5.74) is 1.64. The first-order valence-electron chi connectivity index (χ1n) is 8.01. The number of imidazole rings is 1. The van der Waals surface area contributed by atoms with E-state index in [-0.39, 0.29) is 5.56 Å². The summed E-state index contributed by atoms with van der Waals surface area (Å²) in [5.74, 6) is 0.428. The van der Waals surface area contributed by atoms with Crippen molar-refractivity contribution in [1.82, 2.24) is 19.7 Å². The Labute approximate surface area is 147 Å². The first-order chi connectivity index (χ1) is 12.6. The molecule has 0 bridgehead atoms. The molecule has 1 aromatic carbocycles. The number of nitrogens with zero attached hydrogens (tertiary/aromatic N) is 3. The van der Waals surface area contributed by atoms with Crippen LogP contribution >= 0.6 is 0 Å². The quantitative estimate of drug-likeness (QED) is 0.589. The minimum absolute atomic E-state index is 0.318. The molecule has 2 N–H and O–H groups in total. The van der Waals surface area contributed by atoms with Gasteiger partial charge in [-0.15, -0.1) is 0 Å². The van der Waals surface area contributed by atoms with Crippen LogP contribution in [0.1, 0.15) is 13.0 Å². The van der Waals surface area contributed by atoms with Crippen molar-refractivity contribution in [1.29, 1.82) is 0 Å². The third kappa shape index (κ3) is 2.88. The molecule has 0 fully saturated rings. The fourth-order valence-electron chi connectivity index (χ4n) is 2.60. The maximum Gasteiger partial charge on any atom is 0.267 e. The maximum absolute atomic E-state index is 12.5. The number of carbonyl (C=O) groups excluding carboxylic acids is 1. The van der Waals surface area contributed by atoms with Gasteiger partial charge in [-0.1, -0.05) is 12.1 Å². The molecule has 0 aliphatic carbocycles. The fraction of sp³-hybridized carbons (Fsp3) is 0.111. The van der Waals surface area contributed by atoms with E-state index >= 15 is 0 Å². The number of fused-ring (bicyclic) bond motifs is 1. The van der Waals surface area contributed by atoms with Gasteiger partial charge in [0.2, 0.25) is 5.95 Å². The van der Waals surface area contributed by atoms with E-state index in [0.29, 0.717) is 17.4 Å². The number of carbonyl (C=O) groups is 1. The minimum atomic E-state index is -0.828. The Bertz CT molecular complexity index is 1090. The van der Waals surface area contributed by atoms with Crippen LogP contribution in [0.25, 0.3) is 22.5 Å². The van der Waals surface area contributed by atoms with Crippen molar-refractivity contribution in [2.45, 2.75) is 13.0 Å². The molecule has 8 nitrogen and oxygen atoms in total. The number of amides is 1. The molecule has 0 unspecified atom stereocenters. The molecule has 8 heteroatoms. The number of rotatable bonds is 4. The second-order valence-corrected chi connectivity index (χ2v) is 5.75. The first-order valence-corrected chi connectivity index (χ1v) is 8.01. The van der Waals surface area contributed by atoms with Gasteiger partial charge in [-0.3, -0.25) is 14.9 Å². The van der Waals surface area contributed by atoms with Gasteiger partial charge < -0.3 is 9.40 Å². The van der Waals surface area contributed by atoms with E-state index in [1.165, 1.54) is 12.3 Å². The maximum atomic E-state index is 12.5. The third-order valence-corrected chi connectivity index (χ3v) is 3.98. The lowest BCUT2D eigenvalue weighted by atomic mass is 10.3. The number of aromatic nitrogens is 4. The van der Waals surface area contributed by atoms with Crippen molar-refractivity contribution in [3.05, 3.63) is 65.1 Å². The van der Waals surface area contributed by atoms with Crippen LogP contribution < -0.4 is 10.9 Å². The van der Waals surface area contributed by atoms with Gasteiger partial charge in [0, 0.05) is 6.07 Å². The van der Waals surface area contributed by atoms with E-state index in [9.17, 15) is 9.59 Å². The molecule has 0 spiro atoms. The van der Waals surface area contributed by atoms with Crippen molar-refractivity contribution < 1.29 is 9.21 Å². The average Bonchev–Trinajstić information content (AvgIpc) is 3.30. The Balaban J connectivity index is 1.60. The number of benzene rings is 1. The molecule has 130 valence electrons. The van der Waals surface area contributed by atoms with Gasteiger partial charge in [-0.25, -0.2) is 9.67 Å². The molecular weight excluding hydrogens is 334 g/mol. The fourth-order valence-corrected chi connectivity index (χ4v) is 2.60. The van der Waals surface area contributed by atoms with E-state index in [0.717, 1.165) is 15.7 Å². The largest absolute Gasteiger partial charge is 0.463 e. The highest BCUT2D eigenvalue weighted by atomic mass is 16.3. The van der Waals surface area contributed by atoms with Crippen LogP contribution in [-0.4, -0.2) is 25.7 Å². The molecule has 3 aromatic heterocycles. The van der Waals surface area contributed by atoms with Crippen LogP contribution in [0.5, 0.6) is 0 Å². The summed E-state index contributed by atoms with van der Waals surface area (Å²) >= 11 is 0. The highest BCUT2D eigenvalue weighted by Gasteiger charge is 2.19. The van der Waals surface area contributed by atoms with Gasteiger partial charge in [0.15, 0.2) is 5.76 Å². The van der Waals surface area contributed by atoms with Crippen molar-refractivity contribution >= 4 is 22.9 Å². The van der Waals surface area contributed by atoms with E-state index in [2.05, 4.69) is 20.4 Å². The summed E-state index contributed by atoms with van der Waals surface area (Å²) in [5, 5.41) is 6.92. The summed E-state index contributed by atoms with van der Waals surface area (Å²) in [6.45, 7) is 1.60. The highest BCUT2D eigenvalue weighted by Crippen LogP contribution is 2.17. The number of H-pyrrole nitrogens is 1. The average molecular weight is 349 g/mol. The summed E-state index contributed by atoms with van der Waals surface area (Å²) in [6.07, 6.45) is 1.52. The normalized spacial score (nSPS) is 12.2. The first kappa shape index (κ1) is 15.8. The second-order valence-electron chi connectivity index (χ2n) is 5.75. The van der Waals surface area contributed by atoms with Crippen LogP contribution in [0, 0.1) is 0 Å². The van der Waals surface area contributed by atoms with Crippen LogP contribution in [0.4, 0.5) is 5.95 Å². The Kier molecular flexibility index (Phi) is 3.85. The van der Waals surface area contributed by atoms with Gasteiger partial charge in [0.05, 0.1) is 17.3 Å². The summed E-state index contributed by atoms with van der Waals surface area (Å²) in [7, 11) is 0. The van der Waals surface area contributed by atoms with Crippen molar-refractivity contribution in [2.24, 2.45) is 0 Å². The SMILES string of the molecule is C[C@@H](C(=O)Nc1nc2ccccc2[nH]1)n1nc(-c2ccco2)ccc1=O. The number of nitrogens with one attached hydrogen (secondary N) is 2. The summed E-state index contributed by atoms with van der Waals surface area (Å²) in [6, 6.07) is 13.0. The number of hydrogen-bond donors (Lipinski definition) is 2. The monoisotopic (exact) mass is 349 g/mol. The lowest BCUT2D eigenvalue weighted by Gasteiger charge is -2.13. The van der Waals surface area contributed by atoms with Crippen LogP contribution in [0.3, 0.4) is 0 Å². The molecule has 4 rings (SSSR count). The third-order valence-electron chi connectivity index (χ3n) is 3.98. The van der Waals surface area contributed by atoms with E-state index in [1.807, 2.05) is 24.3 Å². The summed E-state index contributed by atoms with van der Waals surface area (Å²) in [4.78, 5) is 32.0. The standard InChI is InChI=1S/C18H15N5O3/c1-11(17(25)21-18-19-12-5-2-3-6-13(12)20-18)23-16(24)9-8-14(22-23)15-7-4-10-26-15/h2-11H,1H3,(H2,19,20,21,25)/t11-/m0/s1. The van der Waals surface area contributed by atoms with Crippen molar-refractivity contribution in [2.75, 3.05) is 5.32 Å². The number of hydrogen-bond acceptors (Lipinski definition) is 5. The topological polar surface area (TPSA) is 106 Å². The minimum Gasteiger partial charge on any atom is -0.463 e. The summed E-state index contributed by atoms with van der Waals surface area (Å²) < 4.78 is 6.41. The lowest BCUT2D eigenvalue weighted by Crippen LogP contribution is -2.33. The van der Waals surface area contributed by atoms with Crippen molar-refractivity contribution in [3.8, 4) is 11.5 Å². The molecule has 1 atom stereocenters. The number of furan rings is 1. The lowest BCUT2D eigenvalue weighted by molar-refractivity contribution is -0.119. The highest BCUT2D eigenvalue weighted by molar-refractivity contribution is 5.93. The predicted octanol–water partition coefficient (Wildman–Crippen LogP) is 2.58. The number of aromatic amines is 1. The van der Waals surface area contributed by atoms with Gasteiger partial charge in [-0.05, 0) is 37.3 Å². The predicted molar refractivity (Wildman–Crippen MR) is 95.6 cm³/mol. The number of para-hydroxylation sites is 2. The molecule has 4 aromatic rings. The Morgan fingerprint density at radius 1 is 1.19 bits per heavy atom. The molecule has 0 aliphatic heterocycles. The zero-order valence-corrected chi connectivity index (χ0v) is 13.8. The molecule has 0 saturated heterocycles. The zero-order valence-electron chi connectivity index (χ0n) is 13.8. The van der Waals surface area contributed by atoms with Crippen molar-refractivity contribution in [3.63, 3.8) is 0 Å². The van der Waals surface area contributed by atoms with Gasteiger partial charge in [0.25, 0.3) is 11.5 Å². The molecule has 26 heavy (non-hydrogen) atoms. The Hall–Kier alpha value is -3.68. The molecular formula is C18H15N5O3. The molecule has 0 radical (unpaired) electrons. The molecule has 0 aliphatic rings. The zero-order chi connectivity index (χ0) is 18.1. The van der Waals surface area contributed by atoms with Crippen LogP contribution in [0.15, 0.2) is 64.0 Å². The Morgan fingerprint density at radius 3 is 2.81 bits per heavy atom. The van der Waals surface area contributed by atoms with E-state index in [4.69, 9.17) is 4.42 Å². The molecule has 3 heterocycles. The van der Waals surface area contributed by atoms with Gasteiger partial charge >= 0.3 is 0 Å². The van der Waals surface area contributed by atoms with E-state index < -0.39 is 11.9 Å². The van der Waals surface area contributed by atoms with Gasteiger partial charge in [0.1, 0.15) is 11.7 Å². The van der Waals surface area contributed by atoms with E-state index in [1.54, 1.807) is 25.1 Å². The molecule has 1 amide bonds. The second kappa shape index (κ2) is 6.32. The van der Waals surface area contributed by atoms with Crippen LogP contribution in [-0.2, 0) is 4.79 Å². The van der Waals surface area contributed by atoms with Crippen LogP contribution in [0.2, 0.25) is 0 Å². The van der Waals surface area contributed by atoms with Gasteiger partial charge in [-0.2, -0.15) is 5.10 Å². The Morgan fingerprint density at radius 2 is 2.04 bits per heavy atom. The number of anilines is 1.